The van der Waals surface area contributed by atoms with Crippen molar-refractivity contribution in [2.75, 3.05) is 38.5 Å². The van der Waals surface area contributed by atoms with E-state index in [1.54, 1.807) is 49.1 Å². The highest BCUT2D eigenvalue weighted by atomic mass is 32.2. The second-order valence-corrected chi connectivity index (χ2v) is 9.07. The van der Waals surface area contributed by atoms with E-state index in [-0.39, 0.29) is 40.9 Å². The lowest BCUT2D eigenvalue weighted by Gasteiger charge is -2.35. The molecule has 1 aliphatic rings. The summed E-state index contributed by atoms with van der Waals surface area (Å²) in [6.45, 7) is 5.01. The molecule has 0 unspecified atom stereocenters. The van der Waals surface area contributed by atoms with Gasteiger partial charge in [0, 0.05) is 26.2 Å². The topological polar surface area (TPSA) is 84.0 Å². The number of thioether (sulfide) groups is 1. The third kappa shape index (κ3) is 5.21. The van der Waals surface area contributed by atoms with Gasteiger partial charge in [0.25, 0.3) is 0 Å². The van der Waals surface area contributed by atoms with Crippen LogP contribution in [0.2, 0.25) is 0 Å². The van der Waals surface area contributed by atoms with Crippen LogP contribution in [0, 0.1) is 0 Å². The normalized spacial score (nSPS) is 16.9. The maximum absolute atomic E-state index is 12.6. The number of hydrogen-bond donors (Lipinski definition) is 0. The summed E-state index contributed by atoms with van der Waals surface area (Å²) < 4.78 is 31.5. The minimum absolute atomic E-state index is 0.0870. The Bertz CT molecular complexity index is 716. The Morgan fingerprint density at radius 1 is 1.15 bits per heavy atom. The van der Waals surface area contributed by atoms with Gasteiger partial charge in [0.15, 0.2) is 0 Å². The van der Waals surface area contributed by atoms with Crippen LogP contribution in [0.25, 0.3) is 0 Å². The standard InChI is InChI=1S/C17H24N2O5S2/c1-3-24-16(20)13-25-14(2)17(21)18-9-11-19(12-10-18)26(22,23)15-7-5-4-6-8-15/h4-8,14H,3,9-13H2,1-2H3/t14-/m1/s1. The zero-order valence-corrected chi connectivity index (χ0v) is 16.6. The molecule has 7 nitrogen and oxygen atoms in total. The fourth-order valence-electron chi connectivity index (χ4n) is 2.61. The van der Waals surface area contributed by atoms with Crippen LogP contribution in [-0.2, 0) is 24.3 Å². The summed E-state index contributed by atoms with van der Waals surface area (Å²) in [7, 11) is -3.53. The molecule has 0 saturated carbocycles. The van der Waals surface area contributed by atoms with E-state index < -0.39 is 10.0 Å². The first-order valence-electron chi connectivity index (χ1n) is 8.47. The molecule has 1 atom stereocenters. The van der Waals surface area contributed by atoms with Crippen LogP contribution in [0.1, 0.15) is 13.8 Å². The van der Waals surface area contributed by atoms with Crippen molar-refractivity contribution in [2.45, 2.75) is 24.0 Å². The molecule has 0 aromatic heterocycles. The molecule has 1 fully saturated rings. The second-order valence-electron chi connectivity index (χ2n) is 5.80. The lowest BCUT2D eigenvalue weighted by Crippen LogP contribution is -2.52. The third-order valence-corrected chi connectivity index (χ3v) is 7.05. The molecule has 1 amide bonds. The molecule has 0 spiro atoms. The maximum atomic E-state index is 12.6. The van der Waals surface area contributed by atoms with Crippen molar-refractivity contribution in [3.8, 4) is 0 Å². The molecule has 1 saturated heterocycles. The average Bonchev–Trinajstić information content (AvgIpc) is 2.66. The van der Waals surface area contributed by atoms with Crippen molar-refractivity contribution in [1.29, 1.82) is 0 Å². The Morgan fingerprint density at radius 3 is 2.35 bits per heavy atom. The van der Waals surface area contributed by atoms with Gasteiger partial charge in [-0.25, -0.2) is 8.42 Å². The van der Waals surface area contributed by atoms with E-state index in [1.807, 2.05) is 0 Å². The van der Waals surface area contributed by atoms with E-state index >= 15 is 0 Å². The highest BCUT2D eigenvalue weighted by Gasteiger charge is 2.31. The van der Waals surface area contributed by atoms with Crippen LogP contribution in [0.4, 0.5) is 0 Å². The average molecular weight is 401 g/mol. The summed E-state index contributed by atoms with van der Waals surface area (Å²) in [6, 6.07) is 8.29. The van der Waals surface area contributed by atoms with Gasteiger partial charge in [-0.1, -0.05) is 18.2 Å². The summed E-state index contributed by atoms with van der Waals surface area (Å²) >= 11 is 1.23. The Balaban J connectivity index is 1.87. The first-order chi connectivity index (χ1) is 12.4. The molecule has 0 bridgehead atoms. The quantitative estimate of drug-likeness (QED) is 0.640. The monoisotopic (exact) mass is 400 g/mol. The number of piperazine rings is 1. The third-order valence-electron chi connectivity index (χ3n) is 4.04. The van der Waals surface area contributed by atoms with Gasteiger partial charge in [0.05, 0.1) is 22.5 Å². The van der Waals surface area contributed by atoms with Crippen molar-refractivity contribution in [3.63, 3.8) is 0 Å². The van der Waals surface area contributed by atoms with E-state index in [9.17, 15) is 18.0 Å². The number of rotatable bonds is 7. The van der Waals surface area contributed by atoms with Crippen molar-refractivity contribution in [1.82, 2.24) is 9.21 Å². The van der Waals surface area contributed by atoms with Crippen molar-refractivity contribution >= 4 is 33.7 Å². The lowest BCUT2D eigenvalue weighted by atomic mass is 10.3. The number of amides is 1. The predicted octanol–water partition coefficient (Wildman–Crippen LogP) is 1.20. The molecule has 1 aromatic carbocycles. The van der Waals surface area contributed by atoms with Crippen LogP contribution in [0.3, 0.4) is 0 Å². The fraction of sp³-hybridized carbons (Fsp3) is 0.529. The number of carbonyl (C=O) groups is 2. The van der Waals surface area contributed by atoms with E-state index in [4.69, 9.17) is 4.74 Å². The van der Waals surface area contributed by atoms with Gasteiger partial charge in [-0.3, -0.25) is 9.59 Å². The first-order valence-corrected chi connectivity index (χ1v) is 11.0. The highest BCUT2D eigenvalue weighted by Crippen LogP contribution is 2.19. The number of carbonyl (C=O) groups excluding carboxylic acids is 2. The van der Waals surface area contributed by atoms with Crippen molar-refractivity contribution < 1.29 is 22.7 Å². The molecule has 1 heterocycles. The summed E-state index contributed by atoms with van der Waals surface area (Å²) in [5.41, 5.74) is 0. The molecule has 0 N–H and O–H groups in total. The summed E-state index contributed by atoms with van der Waals surface area (Å²) in [5, 5.41) is -0.378. The van der Waals surface area contributed by atoms with E-state index in [0.717, 1.165) is 0 Å². The van der Waals surface area contributed by atoms with Gasteiger partial charge >= 0.3 is 5.97 Å². The molecular weight excluding hydrogens is 376 g/mol. The van der Waals surface area contributed by atoms with Gasteiger partial charge in [-0.05, 0) is 26.0 Å². The van der Waals surface area contributed by atoms with Crippen LogP contribution >= 0.6 is 11.8 Å². The van der Waals surface area contributed by atoms with Crippen LogP contribution in [-0.4, -0.2) is 73.3 Å². The van der Waals surface area contributed by atoms with E-state index in [2.05, 4.69) is 0 Å². The first kappa shape index (κ1) is 20.7. The van der Waals surface area contributed by atoms with Gasteiger partial charge in [-0.15, -0.1) is 11.8 Å². The van der Waals surface area contributed by atoms with Crippen molar-refractivity contribution in [3.05, 3.63) is 30.3 Å². The van der Waals surface area contributed by atoms with Gasteiger partial charge in [0.2, 0.25) is 15.9 Å². The number of sulfonamides is 1. The van der Waals surface area contributed by atoms with Crippen LogP contribution < -0.4 is 0 Å². The number of nitrogens with zero attached hydrogens (tertiary/aromatic N) is 2. The molecule has 0 aliphatic carbocycles. The highest BCUT2D eigenvalue weighted by molar-refractivity contribution is 8.01. The van der Waals surface area contributed by atoms with Crippen molar-refractivity contribution in [2.24, 2.45) is 0 Å². The molecule has 1 aliphatic heterocycles. The second kappa shape index (κ2) is 9.38. The molecule has 2 rings (SSSR count). The smallest absolute Gasteiger partial charge is 0.315 e. The minimum Gasteiger partial charge on any atom is -0.465 e. The van der Waals surface area contributed by atoms with Crippen LogP contribution in [0.5, 0.6) is 0 Å². The van der Waals surface area contributed by atoms with Gasteiger partial charge in [0.1, 0.15) is 0 Å². The Kier molecular flexibility index (Phi) is 7.48. The Morgan fingerprint density at radius 2 is 1.77 bits per heavy atom. The summed E-state index contributed by atoms with van der Waals surface area (Å²) in [4.78, 5) is 25.8. The number of benzene rings is 1. The van der Waals surface area contributed by atoms with Gasteiger partial charge < -0.3 is 9.64 Å². The number of esters is 1. The van der Waals surface area contributed by atoms with Crippen LogP contribution in [0.15, 0.2) is 35.2 Å². The molecule has 1 aromatic rings. The number of ether oxygens (including phenoxy) is 1. The van der Waals surface area contributed by atoms with E-state index in [0.29, 0.717) is 19.7 Å². The molecule has 9 heteroatoms. The maximum Gasteiger partial charge on any atom is 0.315 e. The SMILES string of the molecule is CCOC(=O)CS[C@H](C)C(=O)N1CCN(S(=O)(=O)c2ccccc2)CC1. The molecule has 0 radical (unpaired) electrons. The number of hydrogen-bond acceptors (Lipinski definition) is 6. The summed E-state index contributed by atoms with van der Waals surface area (Å²) in [6.07, 6.45) is 0. The zero-order valence-electron chi connectivity index (χ0n) is 15.0. The summed E-state index contributed by atoms with van der Waals surface area (Å²) in [5.74, 6) is -0.296. The molecular formula is C17H24N2O5S2. The fourth-order valence-corrected chi connectivity index (χ4v) is 4.82. The Labute approximate surface area is 158 Å². The minimum atomic E-state index is -3.53. The largest absolute Gasteiger partial charge is 0.465 e. The molecule has 26 heavy (non-hydrogen) atoms. The zero-order chi connectivity index (χ0) is 19.2. The Hall–Kier alpha value is -1.58. The van der Waals surface area contributed by atoms with Gasteiger partial charge in [-0.2, -0.15) is 4.31 Å². The van der Waals surface area contributed by atoms with E-state index in [1.165, 1.54) is 16.1 Å². The molecule has 144 valence electrons. The lowest BCUT2D eigenvalue weighted by molar-refractivity contribution is -0.139. The predicted molar refractivity (Wildman–Crippen MR) is 100 cm³/mol.